The third kappa shape index (κ3) is 5.26. The van der Waals surface area contributed by atoms with E-state index in [1.807, 2.05) is 13.8 Å². The largest absolute Gasteiger partial charge is 0.378 e. The molecule has 1 saturated heterocycles. The number of morpholine rings is 1. The first kappa shape index (κ1) is 20.8. The summed E-state index contributed by atoms with van der Waals surface area (Å²) < 4.78 is 33.3. The second-order valence-electron chi connectivity index (χ2n) is 7.40. The van der Waals surface area contributed by atoms with Crippen LogP contribution in [-0.4, -0.2) is 57.6 Å². The zero-order valence-electron chi connectivity index (χ0n) is 15.7. The summed E-state index contributed by atoms with van der Waals surface area (Å²) in [6.45, 7) is 8.20. The van der Waals surface area contributed by atoms with Crippen molar-refractivity contribution >= 4 is 15.9 Å². The van der Waals surface area contributed by atoms with E-state index in [-0.39, 0.29) is 17.3 Å². The quantitative estimate of drug-likeness (QED) is 0.737. The molecule has 8 heteroatoms. The fourth-order valence-corrected chi connectivity index (χ4v) is 4.60. The number of hydrogen-bond acceptors (Lipinski definition) is 5. The van der Waals surface area contributed by atoms with Gasteiger partial charge in [0, 0.05) is 30.7 Å². The van der Waals surface area contributed by atoms with Gasteiger partial charge >= 0.3 is 0 Å². The molecule has 0 aliphatic carbocycles. The maximum absolute atomic E-state index is 12.7. The molecule has 1 fully saturated rings. The summed E-state index contributed by atoms with van der Waals surface area (Å²) in [6, 6.07) is 6.02. The van der Waals surface area contributed by atoms with Crippen LogP contribution in [0.2, 0.25) is 0 Å². The van der Waals surface area contributed by atoms with E-state index in [0.717, 1.165) is 0 Å². The minimum absolute atomic E-state index is 0.114. The Labute approximate surface area is 155 Å². The van der Waals surface area contributed by atoms with Gasteiger partial charge in [0.05, 0.1) is 18.1 Å². The smallest absolute Gasteiger partial charge is 0.254 e. The number of nitrogens with two attached hydrogens (primary N) is 1. The predicted molar refractivity (Wildman–Crippen MR) is 100 cm³/mol. The van der Waals surface area contributed by atoms with Gasteiger partial charge < -0.3 is 15.4 Å². The van der Waals surface area contributed by atoms with Crippen molar-refractivity contribution < 1.29 is 17.9 Å². The molecule has 1 atom stereocenters. The van der Waals surface area contributed by atoms with Gasteiger partial charge in [0.2, 0.25) is 10.0 Å². The molecule has 0 radical (unpaired) electrons. The molecule has 1 aromatic carbocycles. The lowest BCUT2D eigenvalue weighted by Gasteiger charge is -2.30. The Morgan fingerprint density at radius 3 is 2.35 bits per heavy atom. The van der Waals surface area contributed by atoms with E-state index in [4.69, 9.17) is 10.5 Å². The molecule has 26 heavy (non-hydrogen) atoms. The average molecular weight is 384 g/mol. The summed E-state index contributed by atoms with van der Waals surface area (Å²) in [6.07, 6.45) is 0.635. The van der Waals surface area contributed by atoms with Crippen molar-refractivity contribution in [1.82, 2.24) is 9.62 Å². The molecule has 0 spiro atoms. The highest BCUT2D eigenvalue weighted by molar-refractivity contribution is 7.89. The monoisotopic (exact) mass is 383 g/mol. The topological polar surface area (TPSA) is 102 Å². The lowest BCUT2D eigenvalue weighted by molar-refractivity contribution is 0.0303. The summed E-state index contributed by atoms with van der Waals surface area (Å²) in [5, 5.41) is 0. The fourth-order valence-electron chi connectivity index (χ4n) is 3.18. The van der Waals surface area contributed by atoms with Crippen LogP contribution >= 0.6 is 0 Å². The van der Waals surface area contributed by atoms with E-state index < -0.39 is 15.6 Å². The first-order valence-electron chi connectivity index (χ1n) is 8.88. The van der Waals surface area contributed by atoms with Crippen molar-refractivity contribution in [2.45, 2.75) is 37.6 Å². The zero-order valence-corrected chi connectivity index (χ0v) is 16.5. The molecule has 2 rings (SSSR count). The molecule has 1 amide bonds. The third-order valence-electron chi connectivity index (χ3n) is 4.40. The van der Waals surface area contributed by atoms with Crippen molar-refractivity contribution in [1.29, 1.82) is 0 Å². The van der Waals surface area contributed by atoms with Crippen molar-refractivity contribution in [2.24, 2.45) is 11.7 Å². The number of benzene rings is 1. The third-order valence-corrected chi connectivity index (χ3v) is 6.05. The minimum Gasteiger partial charge on any atom is -0.378 e. The molecule has 1 unspecified atom stereocenters. The van der Waals surface area contributed by atoms with Crippen LogP contribution in [0, 0.1) is 5.92 Å². The average Bonchev–Trinajstić information content (AvgIpc) is 2.61. The molecule has 1 aliphatic rings. The lowest BCUT2D eigenvalue weighted by atomic mass is 9.92. The highest BCUT2D eigenvalue weighted by atomic mass is 32.2. The van der Waals surface area contributed by atoms with Crippen LogP contribution in [0.25, 0.3) is 0 Å². The second-order valence-corrected chi connectivity index (χ2v) is 9.08. The molecule has 1 aromatic rings. The van der Waals surface area contributed by atoms with E-state index in [9.17, 15) is 13.2 Å². The van der Waals surface area contributed by atoms with Crippen molar-refractivity contribution in [3.8, 4) is 0 Å². The Hall–Kier alpha value is -1.48. The molecule has 0 bridgehead atoms. The predicted octanol–water partition coefficient (Wildman–Crippen LogP) is 1.20. The Morgan fingerprint density at radius 1 is 1.27 bits per heavy atom. The van der Waals surface area contributed by atoms with Crippen LogP contribution in [-0.2, 0) is 14.8 Å². The van der Waals surface area contributed by atoms with Gasteiger partial charge in [0.25, 0.3) is 5.91 Å². The van der Waals surface area contributed by atoms with E-state index in [2.05, 4.69) is 4.72 Å². The maximum atomic E-state index is 12.7. The molecular formula is C18H29N3O4S. The standard InChI is InChI=1S/C18H29N3O4S/c1-14(2)12-18(3,13-19)20-26(23,24)16-6-4-15(5-7-16)17(22)21-8-10-25-11-9-21/h4-7,14,20H,8-13,19H2,1-3H3. The molecule has 3 N–H and O–H groups in total. The summed E-state index contributed by atoms with van der Waals surface area (Å²) in [4.78, 5) is 14.3. The number of nitrogens with one attached hydrogen (secondary N) is 1. The van der Waals surface area contributed by atoms with Gasteiger partial charge in [-0.1, -0.05) is 13.8 Å². The number of amides is 1. The number of carbonyl (C=O) groups is 1. The first-order chi connectivity index (χ1) is 12.2. The van der Waals surface area contributed by atoms with Gasteiger partial charge in [-0.25, -0.2) is 13.1 Å². The van der Waals surface area contributed by atoms with Crippen LogP contribution in [0.3, 0.4) is 0 Å². The Kier molecular flexibility index (Phi) is 6.79. The van der Waals surface area contributed by atoms with Gasteiger partial charge in [-0.2, -0.15) is 0 Å². The van der Waals surface area contributed by atoms with Crippen LogP contribution in [0.15, 0.2) is 29.2 Å². The van der Waals surface area contributed by atoms with Gasteiger partial charge in [0.1, 0.15) is 0 Å². The highest BCUT2D eigenvalue weighted by Crippen LogP contribution is 2.20. The zero-order chi connectivity index (χ0) is 19.4. The molecule has 0 saturated carbocycles. The molecule has 0 aromatic heterocycles. The number of sulfonamides is 1. The SMILES string of the molecule is CC(C)CC(C)(CN)NS(=O)(=O)c1ccc(C(=O)N2CCOCC2)cc1. The number of carbonyl (C=O) groups excluding carboxylic acids is 1. The van der Waals surface area contributed by atoms with Gasteiger partial charge in [-0.05, 0) is 43.5 Å². The molecule has 146 valence electrons. The summed E-state index contributed by atoms with van der Waals surface area (Å²) >= 11 is 0. The van der Waals surface area contributed by atoms with Gasteiger partial charge in [-0.3, -0.25) is 4.79 Å². The summed E-state index contributed by atoms with van der Waals surface area (Å²) in [5.74, 6) is 0.191. The number of rotatable bonds is 7. The van der Waals surface area contributed by atoms with E-state index >= 15 is 0 Å². The van der Waals surface area contributed by atoms with Crippen molar-refractivity contribution in [2.75, 3.05) is 32.8 Å². The van der Waals surface area contributed by atoms with Crippen LogP contribution in [0.1, 0.15) is 37.6 Å². The Morgan fingerprint density at radius 2 is 1.85 bits per heavy atom. The fraction of sp³-hybridized carbons (Fsp3) is 0.611. The Balaban J connectivity index is 2.14. The molecular weight excluding hydrogens is 354 g/mol. The number of nitrogens with zero attached hydrogens (tertiary/aromatic N) is 1. The number of ether oxygens (including phenoxy) is 1. The van der Waals surface area contributed by atoms with Crippen molar-refractivity contribution in [3.05, 3.63) is 29.8 Å². The Bertz CT molecular complexity index is 712. The first-order valence-corrected chi connectivity index (χ1v) is 10.4. The van der Waals surface area contributed by atoms with E-state index in [1.54, 1.807) is 24.0 Å². The maximum Gasteiger partial charge on any atom is 0.254 e. The molecule has 1 aliphatic heterocycles. The highest BCUT2D eigenvalue weighted by Gasteiger charge is 2.30. The number of hydrogen-bond donors (Lipinski definition) is 2. The molecule has 7 nitrogen and oxygen atoms in total. The van der Waals surface area contributed by atoms with Crippen LogP contribution in [0.4, 0.5) is 0 Å². The van der Waals surface area contributed by atoms with Crippen LogP contribution < -0.4 is 10.5 Å². The minimum atomic E-state index is -3.72. The van der Waals surface area contributed by atoms with E-state index in [0.29, 0.717) is 44.2 Å². The lowest BCUT2D eigenvalue weighted by Crippen LogP contribution is -2.51. The second kappa shape index (κ2) is 8.47. The normalized spacial score (nSPS) is 18.0. The van der Waals surface area contributed by atoms with Crippen molar-refractivity contribution in [3.63, 3.8) is 0 Å². The van der Waals surface area contributed by atoms with Gasteiger partial charge in [0.15, 0.2) is 0 Å². The van der Waals surface area contributed by atoms with Gasteiger partial charge in [-0.15, -0.1) is 0 Å². The summed E-state index contributed by atoms with van der Waals surface area (Å²) in [7, 11) is -3.72. The summed E-state index contributed by atoms with van der Waals surface area (Å²) in [5.41, 5.74) is 5.55. The molecule has 1 heterocycles. The van der Waals surface area contributed by atoms with Crippen LogP contribution in [0.5, 0.6) is 0 Å². The van der Waals surface area contributed by atoms with E-state index in [1.165, 1.54) is 12.1 Å².